The topological polar surface area (TPSA) is 90.7 Å². The van der Waals surface area contributed by atoms with Crippen LogP contribution in [0.2, 0.25) is 0 Å². The summed E-state index contributed by atoms with van der Waals surface area (Å²) in [7, 11) is 0. The Bertz CT molecular complexity index is 561. The number of carbonyl (C=O) groups excluding carboxylic acids is 1. The molecule has 1 aromatic heterocycles. The molecular weight excluding hydrogens is 280 g/mol. The van der Waals surface area contributed by atoms with E-state index >= 15 is 0 Å². The molecule has 1 saturated carbocycles. The van der Waals surface area contributed by atoms with Gasteiger partial charge in [0.1, 0.15) is 11.8 Å². The highest BCUT2D eigenvalue weighted by atomic mass is 32.2. The summed E-state index contributed by atoms with van der Waals surface area (Å²) < 4.78 is 0. The van der Waals surface area contributed by atoms with E-state index in [2.05, 4.69) is 4.98 Å². The zero-order valence-corrected chi connectivity index (χ0v) is 11.4. The first-order valence-electron chi connectivity index (χ1n) is 6.40. The number of rotatable bonds is 3. The maximum Gasteiger partial charge on any atom is 0.327 e. The predicted octanol–water partition coefficient (Wildman–Crippen LogP) is 1.17. The summed E-state index contributed by atoms with van der Waals surface area (Å²) in [5.74, 6) is -0.982. The second-order valence-electron chi connectivity index (χ2n) is 5.00. The lowest BCUT2D eigenvalue weighted by Gasteiger charge is -2.27. The van der Waals surface area contributed by atoms with Crippen molar-refractivity contribution in [3.8, 4) is 5.75 Å². The van der Waals surface area contributed by atoms with Gasteiger partial charge in [0.2, 0.25) is 0 Å². The highest BCUT2D eigenvalue weighted by molar-refractivity contribution is 8.00. The number of carboxylic acids is 1. The number of hydrogen-bond acceptors (Lipinski definition) is 5. The van der Waals surface area contributed by atoms with Crippen LogP contribution in [-0.2, 0) is 4.79 Å². The van der Waals surface area contributed by atoms with Crippen LogP contribution in [0.25, 0.3) is 0 Å². The van der Waals surface area contributed by atoms with Crippen LogP contribution in [0.5, 0.6) is 5.75 Å². The van der Waals surface area contributed by atoms with Crippen molar-refractivity contribution in [1.29, 1.82) is 0 Å². The minimum Gasteiger partial charge on any atom is -0.505 e. The number of carbonyl (C=O) groups is 2. The third-order valence-electron chi connectivity index (χ3n) is 3.57. The molecule has 1 aliphatic carbocycles. The van der Waals surface area contributed by atoms with Crippen molar-refractivity contribution in [2.45, 2.75) is 24.3 Å². The molecule has 1 amide bonds. The zero-order chi connectivity index (χ0) is 14.3. The minimum absolute atomic E-state index is 0.0769. The second-order valence-corrected chi connectivity index (χ2v) is 6.15. The van der Waals surface area contributed by atoms with Gasteiger partial charge in [-0.2, -0.15) is 0 Å². The molecule has 1 saturated heterocycles. The lowest BCUT2D eigenvalue weighted by molar-refractivity contribution is -0.141. The molecule has 20 heavy (non-hydrogen) atoms. The first kappa shape index (κ1) is 13.2. The van der Waals surface area contributed by atoms with Crippen LogP contribution in [0, 0.1) is 5.92 Å². The summed E-state index contributed by atoms with van der Waals surface area (Å²) in [6, 6.07) is 2.06. The molecule has 2 aliphatic rings. The third kappa shape index (κ3) is 2.22. The summed E-state index contributed by atoms with van der Waals surface area (Å²) in [5.41, 5.74) is -0.0769. The first-order valence-corrected chi connectivity index (χ1v) is 7.45. The Morgan fingerprint density at radius 1 is 1.40 bits per heavy atom. The minimum atomic E-state index is -1.01. The molecule has 0 aromatic carbocycles. The summed E-state index contributed by atoms with van der Waals surface area (Å²) in [6.07, 6.45) is 3.45. The average molecular weight is 294 g/mol. The maximum absolute atomic E-state index is 12.6. The Labute approximate surface area is 119 Å². The van der Waals surface area contributed by atoms with E-state index in [0.29, 0.717) is 11.7 Å². The van der Waals surface area contributed by atoms with Gasteiger partial charge < -0.3 is 15.1 Å². The summed E-state index contributed by atoms with van der Waals surface area (Å²) in [6.45, 7) is 0. The van der Waals surface area contributed by atoms with E-state index in [-0.39, 0.29) is 16.8 Å². The number of aliphatic carboxylic acids is 1. The Kier molecular flexibility index (Phi) is 3.29. The highest BCUT2D eigenvalue weighted by Crippen LogP contribution is 2.46. The van der Waals surface area contributed by atoms with Crippen LogP contribution >= 0.6 is 11.8 Å². The maximum atomic E-state index is 12.6. The molecule has 1 aromatic rings. The fourth-order valence-electron chi connectivity index (χ4n) is 2.40. The fourth-order valence-corrected chi connectivity index (χ4v) is 4.03. The fraction of sp³-hybridized carbons (Fsp3) is 0.462. The van der Waals surface area contributed by atoms with E-state index in [1.807, 2.05) is 0 Å². The number of aromatic hydroxyl groups is 1. The van der Waals surface area contributed by atoms with Gasteiger partial charge in [0.15, 0.2) is 5.69 Å². The SMILES string of the molecule is O=C(O)C1CSC(C2CC2)N1C(=O)c1ncccc1O. The first-order chi connectivity index (χ1) is 9.59. The van der Waals surface area contributed by atoms with Gasteiger partial charge in [0.25, 0.3) is 5.91 Å². The molecule has 3 rings (SSSR count). The number of amides is 1. The van der Waals surface area contributed by atoms with Gasteiger partial charge in [0.05, 0.1) is 5.37 Å². The van der Waals surface area contributed by atoms with Crippen LogP contribution in [0.4, 0.5) is 0 Å². The molecule has 2 heterocycles. The van der Waals surface area contributed by atoms with Crippen LogP contribution in [0.3, 0.4) is 0 Å². The number of pyridine rings is 1. The molecule has 2 fully saturated rings. The largest absolute Gasteiger partial charge is 0.505 e. The highest BCUT2D eigenvalue weighted by Gasteiger charge is 2.48. The molecule has 2 unspecified atom stereocenters. The van der Waals surface area contributed by atoms with Gasteiger partial charge in [-0.3, -0.25) is 4.79 Å². The normalized spacial score (nSPS) is 25.7. The third-order valence-corrected chi connectivity index (χ3v) is 5.03. The summed E-state index contributed by atoms with van der Waals surface area (Å²) in [4.78, 5) is 29.2. The molecule has 2 atom stereocenters. The van der Waals surface area contributed by atoms with Crippen molar-refractivity contribution in [3.05, 3.63) is 24.0 Å². The number of nitrogens with zero attached hydrogens (tertiary/aromatic N) is 2. The number of hydrogen-bond donors (Lipinski definition) is 2. The Morgan fingerprint density at radius 3 is 2.75 bits per heavy atom. The molecule has 1 aliphatic heterocycles. The molecule has 0 bridgehead atoms. The standard InChI is InChI=1S/C13H14N2O4S/c16-9-2-1-5-14-10(9)11(17)15-8(13(18)19)6-20-12(15)7-3-4-7/h1-2,5,7-8,12,16H,3-4,6H2,(H,18,19). The van der Waals surface area contributed by atoms with E-state index in [1.165, 1.54) is 35.0 Å². The van der Waals surface area contributed by atoms with Crippen molar-refractivity contribution in [3.63, 3.8) is 0 Å². The van der Waals surface area contributed by atoms with E-state index in [0.717, 1.165) is 12.8 Å². The van der Waals surface area contributed by atoms with Gasteiger partial charge in [0, 0.05) is 11.9 Å². The van der Waals surface area contributed by atoms with Crippen molar-refractivity contribution in [2.24, 2.45) is 5.92 Å². The lowest BCUT2D eigenvalue weighted by atomic mass is 10.2. The van der Waals surface area contributed by atoms with Gasteiger partial charge in [-0.25, -0.2) is 9.78 Å². The molecular formula is C13H14N2O4S. The van der Waals surface area contributed by atoms with Crippen molar-refractivity contribution in [2.75, 3.05) is 5.75 Å². The Hall–Kier alpha value is -1.76. The van der Waals surface area contributed by atoms with Crippen molar-refractivity contribution < 1.29 is 19.8 Å². The van der Waals surface area contributed by atoms with Crippen molar-refractivity contribution in [1.82, 2.24) is 9.88 Å². The van der Waals surface area contributed by atoms with E-state index in [4.69, 9.17) is 0 Å². The lowest BCUT2D eigenvalue weighted by Crippen LogP contribution is -2.46. The van der Waals surface area contributed by atoms with Crippen LogP contribution < -0.4 is 0 Å². The molecule has 7 heteroatoms. The number of thioether (sulfide) groups is 1. The smallest absolute Gasteiger partial charge is 0.327 e. The molecule has 6 nitrogen and oxygen atoms in total. The quantitative estimate of drug-likeness (QED) is 0.869. The second kappa shape index (κ2) is 4.97. The van der Waals surface area contributed by atoms with E-state index < -0.39 is 17.9 Å². The van der Waals surface area contributed by atoms with Crippen LogP contribution in [-0.4, -0.2) is 49.1 Å². The molecule has 106 valence electrons. The summed E-state index contributed by atoms with van der Waals surface area (Å²) in [5, 5.41) is 18.9. The van der Waals surface area contributed by atoms with Gasteiger partial charge >= 0.3 is 5.97 Å². The average Bonchev–Trinajstić information content (AvgIpc) is 3.17. The van der Waals surface area contributed by atoms with Crippen LogP contribution in [0.1, 0.15) is 23.3 Å². The Balaban J connectivity index is 1.93. The molecule has 0 radical (unpaired) electrons. The number of aromatic nitrogens is 1. The zero-order valence-electron chi connectivity index (χ0n) is 10.6. The van der Waals surface area contributed by atoms with Crippen LogP contribution in [0.15, 0.2) is 18.3 Å². The summed E-state index contributed by atoms with van der Waals surface area (Å²) >= 11 is 1.50. The number of carboxylic acid groups (broad SMARTS) is 1. The van der Waals surface area contributed by atoms with Crippen molar-refractivity contribution >= 4 is 23.6 Å². The van der Waals surface area contributed by atoms with Gasteiger partial charge in [-0.15, -0.1) is 11.8 Å². The Morgan fingerprint density at radius 2 is 2.15 bits per heavy atom. The predicted molar refractivity (Wildman–Crippen MR) is 72.5 cm³/mol. The van der Waals surface area contributed by atoms with E-state index in [1.54, 1.807) is 0 Å². The van der Waals surface area contributed by atoms with E-state index in [9.17, 15) is 19.8 Å². The molecule has 0 spiro atoms. The monoisotopic (exact) mass is 294 g/mol. The van der Waals surface area contributed by atoms with Gasteiger partial charge in [-0.05, 0) is 30.9 Å². The van der Waals surface area contributed by atoms with Gasteiger partial charge in [-0.1, -0.05) is 0 Å². The molecule has 2 N–H and O–H groups in total.